The van der Waals surface area contributed by atoms with Gasteiger partial charge < -0.3 is 15.0 Å². The summed E-state index contributed by atoms with van der Waals surface area (Å²) in [5.74, 6) is 2.46. The molecular weight excluding hydrogens is 348 g/mol. The van der Waals surface area contributed by atoms with Crippen molar-refractivity contribution in [3.05, 3.63) is 60.2 Å². The van der Waals surface area contributed by atoms with Gasteiger partial charge in [-0.2, -0.15) is 4.98 Å². The average Bonchev–Trinajstić information content (AvgIpc) is 2.75. The van der Waals surface area contributed by atoms with E-state index in [1.54, 1.807) is 7.11 Å². The molecule has 0 amide bonds. The average molecular weight is 377 g/mol. The molecule has 0 saturated carbocycles. The van der Waals surface area contributed by atoms with Crippen LogP contribution in [0.4, 0.5) is 11.8 Å². The maximum atomic E-state index is 5.17. The third kappa shape index (κ3) is 4.42. The molecule has 0 radical (unpaired) electrons. The van der Waals surface area contributed by atoms with Crippen molar-refractivity contribution in [2.45, 2.75) is 19.3 Å². The summed E-state index contributed by atoms with van der Waals surface area (Å²) in [5, 5.41) is 4.46. The van der Waals surface area contributed by atoms with Crippen molar-refractivity contribution in [2.24, 2.45) is 5.92 Å². The zero-order chi connectivity index (χ0) is 19.2. The van der Waals surface area contributed by atoms with Gasteiger partial charge in [-0.3, -0.25) is 0 Å². The van der Waals surface area contributed by atoms with Crippen LogP contribution in [0.5, 0.6) is 0 Å². The molecule has 0 spiro atoms. The Hall–Kier alpha value is -2.66. The van der Waals surface area contributed by atoms with Crippen molar-refractivity contribution in [1.29, 1.82) is 0 Å². The van der Waals surface area contributed by atoms with Crippen molar-refractivity contribution >= 4 is 22.7 Å². The van der Waals surface area contributed by atoms with Gasteiger partial charge in [0.05, 0.1) is 12.1 Å². The van der Waals surface area contributed by atoms with Crippen LogP contribution in [0.3, 0.4) is 0 Å². The van der Waals surface area contributed by atoms with Gasteiger partial charge in [0.15, 0.2) is 0 Å². The van der Waals surface area contributed by atoms with Crippen LogP contribution in [0.1, 0.15) is 18.4 Å². The van der Waals surface area contributed by atoms with E-state index < -0.39 is 0 Å². The van der Waals surface area contributed by atoms with Gasteiger partial charge in [-0.15, -0.1) is 0 Å². The van der Waals surface area contributed by atoms with Gasteiger partial charge in [0, 0.05) is 32.1 Å². The summed E-state index contributed by atoms with van der Waals surface area (Å²) in [6.07, 6.45) is 3.52. The lowest BCUT2D eigenvalue weighted by Crippen LogP contribution is -2.35. The minimum Gasteiger partial charge on any atom is -0.383 e. The Kier molecular flexibility index (Phi) is 6.02. The number of hydrogen-bond acceptors (Lipinski definition) is 5. The van der Waals surface area contributed by atoms with Gasteiger partial charge in [0.1, 0.15) is 5.82 Å². The van der Waals surface area contributed by atoms with Crippen LogP contribution in [-0.2, 0) is 11.2 Å². The lowest BCUT2D eigenvalue weighted by Gasteiger charge is -2.32. The smallest absolute Gasteiger partial charge is 0.227 e. The lowest BCUT2D eigenvalue weighted by molar-refractivity contribution is 0.210. The van der Waals surface area contributed by atoms with E-state index in [2.05, 4.69) is 52.7 Å². The highest BCUT2D eigenvalue weighted by Gasteiger charge is 2.22. The van der Waals surface area contributed by atoms with Gasteiger partial charge in [-0.05, 0) is 42.9 Å². The molecule has 2 heterocycles. The first-order valence-corrected chi connectivity index (χ1v) is 10.1. The Morgan fingerprint density at radius 2 is 1.75 bits per heavy atom. The molecule has 0 aliphatic carbocycles. The van der Waals surface area contributed by atoms with Crippen LogP contribution >= 0.6 is 0 Å². The second-order valence-corrected chi connectivity index (χ2v) is 7.43. The molecular formula is C23H28N4O. The second-order valence-electron chi connectivity index (χ2n) is 7.43. The molecule has 0 unspecified atom stereocenters. The number of hydrogen-bond donors (Lipinski definition) is 1. The quantitative estimate of drug-likeness (QED) is 0.628. The summed E-state index contributed by atoms with van der Waals surface area (Å²) in [7, 11) is 1.71. The molecule has 1 N–H and O–H groups in total. The molecule has 1 aliphatic heterocycles. The maximum absolute atomic E-state index is 5.17. The van der Waals surface area contributed by atoms with E-state index in [1.165, 1.54) is 18.4 Å². The van der Waals surface area contributed by atoms with Gasteiger partial charge in [-0.25, -0.2) is 4.98 Å². The molecule has 1 aromatic heterocycles. The number of rotatable bonds is 7. The van der Waals surface area contributed by atoms with E-state index >= 15 is 0 Å². The molecule has 146 valence electrons. The van der Waals surface area contributed by atoms with Gasteiger partial charge in [0.2, 0.25) is 5.95 Å². The molecule has 0 bridgehead atoms. The molecule has 1 saturated heterocycles. The second kappa shape index (κ2) is 9.02. The Bertz CT molecular complexity index is 892. The first-order chi connectivity index (χ1) is 13.8. The number of nitrogens with one attached hydrogen (secondary N) is 1. The SMILES string of the molecule is COCCNc1nc(N2CCC(Cc3ccccc3)CC2)nc2ccccc12. The summed E-state index contributed by atoms with van der Waals surface area (Å²) >= 11 is 0. The highest BCUT2D eigenvalue weighted by atomic mass is 16.5. The van der Waals surface area contributed by atoms with Gasteiger partial charge >= 0.3 is 0 Å². The minimum atomic E-state index is 0.651. The van der Waals surface area contributed by atoms with Crippen LogP contribution in [0.15, 0.2) is 54.6 Å². The van der Waals surface area contributed by atoms with Crippen LogP contribution in [-0.4, -0.2) is 43.3 Å². The third-order valence-electron chi connectivity index (χ3n) is 5.45. The summed E-state index contributed by atoms with van der Waals surface area (Å²) < 4.78 is 5.17. The third-order valence-corrected chi connectivity index (χ3v) is 5.45. The fraction of sp³-hybridized carbons (Fsp3) is 0.391. The van der Waals surface area contributed by atoms with Crippen molar-refractivity contribution in [2.75, 3.05) is 43.6 Å². The van der Waals surface area contributed by atoms with E-state index in [-0.39, 0.29) is 0 Å². The van der Waals surface area contributed by atoms with Crippen molar-refractivity contribution in [1.82, 2.24) is 9.97 Å². The summed E-state index contributed by atoms with van der Waals surface area (Å²) in [4.78, 5) is 12.0. The summed E-state index contributed by atoms with van der Waals surface area (Å²) in [6.45, 7) is 3.40. The monoisotopic (exact) mass is 376 g/mol. The maximum Gasteiger partial charge on any atom is 0.227 e. The van der Waals surface area contributed by atoms with E-state index in [9.17, 15) is 0 Å². The Balaban J connectivity index is 1.47. The van der Waals surface area contributed by atoms with Crippen molar-refractivity contribution in [3.8, 4) is 0 Å². The summed E-state index contributed by atoms with van der Waals surface area (Å²) in [6, 6.07) is 19.0. The van der Waals surface area contributed by atoms with Crippen molar-refractivity contribution < 1.29 is 4.74 Å². The number of benzene rings is 2. The fourth-order valence-corrected chi connectivity index (χ4v) is 3.90. The van der Waals surface area contributed by atoms with E-state index in [0.29, 0.717) is 6.61 Å². The zero-order valence-electron chi connectivity index (χ0n) is 16.5. The molecule has 0 atom stereocenters. The van der Waals surface area contributed by atoms with E-state index in [4.69, 9.17) is 14.7 Å². The molecule has 3 aromatic rings. The van der Waals surface area contributed by atoms with Crippen LogP contribution < -0.4 is 10.2 Å². The van der Waals surface area contributed by atoms with Crippen molar-refractivity contribution in [3.63, 3.8) is 0 Å². The topological polar surface area (TPSA) is 50.3 Å². The van der Waals surface area contributed by atoms with Crippen LogP contribution in [0.25, 0.3) is 10.9 Å². The number of ether oxygens (including phenoxy) is 1. The Morgan fingerprint density at radius 1 is 1.00 bits per heavy atom. The lowest BCUT2D eigenvalue weighted by atomic mass is 9.90. The number of methoxy groups -OCH3 is 1. The number of aromatic nitrogens is 2. The fourth-order valence-electron chi connectivity index (χ4n) is 3.90. The largest absolute Gasteiger partial charge is 0.383 e. The number of fused-ring (bicyclic) bond motifs is 1. The van der Waals surface area contributed by atoms with Gasteiger partial charge in [0.25, 0.3) is 0 Å². The molecule has 5 nitrogen and oxygen atoms in total. The van der Waals surface area contributed by atoms with Crippen LogP contribution in [0.2, 0.25) is 0 Å². The molecule has 5 heteroatoms. The molecule has 1 fully saturated rings. The molecule has 2 aromatic carbocycles. The first-order valence-electron chi connectivity index (χ1n) is 10.1. The highest BCUT2D eigenvalue weighted by molar-refractivity contribution is 5.90. The van der Waals surface area contributed by atoms with E-state index in [0.717, 1.165) is 54.6 Å². The predicted octanol–water partition coefficient (Wildman–Crippen LogP) is 4.15. The van der Waals surface area contributed by atoms with Gasteiger partial charge in [-0.1, -0.05) is 42.5 Å². The Morgan fingerprint density at radius 3 is 2.54 bits per heavy atom. The number of para-hydroxylation sites is 1. The normalized spacial score (nSPS) is 15.1. The number of piperidine rings is 1. The predicted molar refractivity (Wildman–Crippen MR) is 115 cm³/mol. The van der Waals surface area contributed by atoms with E-state index in [1.807, 2.05) is 12.1 Å². The minimum absolute atomic E-state index is 0.651. The highest BCUT2D eigenvalue weighted by Crippen LogP contribution is 2.27. The zero-order valence-corrected chi connectivity index (χ0v) is 16.5. The standard InChI is InChI=1S/C23H28N4O/c1-28-16-13-24-22-20-9-5-6-10-21(20)25-23(26-22)27-14-11-19(12-15-27)17-18-7-3-2-4-8-18/h2-10,19H,11-17H2,1H3,(H,24,25,26). The molecule has 28 heavy (non-hydrogen) atoms. The summed E-state index contributed by atoms with van der Waals surface area (Å²) in [5.41, 5.74) is 2.42. The number of nitrogens with zero attached hydrogens (tertiary/aromatic N) is 3. The molecule has 1 aliphatic rings. The Labute approximate surface area is 166 Å². The molecule has 4 rings (SSSR count). The van der Waals surface area contributed by atoms with Crippen LogP contribution in [0, 0.1) is 5.92 Å². The first kappa shape index (κ1) is 18.7. The number of anilines is 2.